The first-order valence-corrected chi connectivity index (χ1v) is 7.82. The van der Waals surface area contributed by atoms with Crippen molar-refractivity contribution in [2.75, 3.05) is 7.05 Å². The molecule has 2 aromatic carbocycles. The second-order valence-corrected chi connectivity index (χ2v) is 5.92. The van der Waals surface area contributed by atoms with Crippen LogP contribution in [0, 0.1) is 0 Å². The van der Waals surface area contributed by atoms with Crippen LogP contribution in [0.3, 0.4) is 0 Å². The van der Waals surface area contributed by atoms with E-state index in [2.05, 4.69) is 0 Å². The maximum Gasteiger partial charge on any atom is 0.411 e. The summed E-state index contributed by atoms with van der Waals surface area (Å²) in [6.07, 6.45) is 0.329. The minimum absolute atomic E-state index is 0.112. The van der Waals surface area contributed by atoms with Gasteiger partial charge in [-0.2, -0.15) is 0 Å². The van der Waals surface area contributed by atoms with E-state index in [1.165, 1.54) is 11.9 Å². The smallest absolute Gasteiger partial charge is 0.411 e. The number of benzene rings is 2. The van der Waals surface area contributed by atoms with Crippen LogP contribution in [-0.4, -0.2) is 29.1 Å². The Morgan fingerprint density at radius 3 is 2.50 bits per heavy atom. The number of carboxylic acids is 1. The number of aliphatic carboxylic acids is 1. The molecular formula is C19H19NO4. The fraction of sp³-hybridized carbons (Fsp3) is 0.263. The predicted octanol–water partition coefficient (Wildman–Crippen LogP) is 3.18. The minimum Gasteiger partial charge on any atom is -0.479 e. The lowest BCUT2D eigenvalue weighted by molar-refractivity contribution is -0.150. The molecule has 0 saturated heterocycles. The maximum atomic E-state index is 12.5. The number of carbonyl (C=O) groups is 2. The van der Waals surface area contributed by atoms with E-state index in [1.807, 2.05) is 42.5 Å². The number of carboxylic acid groups (broad SMARTS) is 1. The van der Waals surface area contributed by atoms with E-state index in [1.54, 1.807) is 12.1 Å². The summed E-state index contributed by atoms with van der Waals surface area (Å²) in [7, 11) is 1.49. The van der Waals surface area contributed by atoms with Gasteiger partial charge < -0.3 is 9.84 Å². The summed E-state index contributed by atoms with van der Waals surface area (Å²) in [5, 5.41) is 9.87. The van der Waals surface area contributed by atoms with Crippen molar-refractivity contribution in [3.05, 3.63) is 71.3 Å². The summed E-state index contributed by atoms with van der Waals surface area (Å²) in [6.45, 7) is 0.112. The third-order valence-electron chi connectivity index (χ3n) is 4.62. The fourth-order valence-electron chi connectivity index (χ4n) is 3.28. The number of nitrogens with zero attached hydrogens (tertiary/aromatic N) is 1. The van der Waals surface area contributed by atoms with Crippen molar-refractivity contribution in [1.82, 2.24) is 4.90 Å². The lowest BCUT2D eigenvalue weighted by atomic mass is 9.90. The topological polar surface area (TPSA) is 66.8 Å². The Hall–Kier alpha value is -2.82. The Morgan fingerprint density at radius 1 is 1.12 bits per heavy atom. The average molecular weight is 325 g/mol. The van der Waals surface area contributed by atoms with Gasteiger partial charge in [0.2, 0.25) is 0 Å². The molecule has 124 valence electrons. The third-order valence-corrected chi connectivity index (χ3v) is 4.62. The Labute approximate surface area is 140 Å². The molecule has 1 aliphatic rings. The van der Waals surface area contributed by atoms with Crippen LogP contribution >= 0.6 is 0 Å². The van der Waals surface area contributed by atoms with Crippen LogP contribution in [0.5, 0.6) is 0 Å². The highest BCUT2D eigenvalue weighted by atomic mass is 16.6. The van der Waals surface area contributed by atoms with E-state index in [-0.39, 0.29) is 6.61 Å². The standard InChI is InChI=1S/C19H19NO4/c1-20(18(23)24-13-14-7-3-2-4-8-14)19(17(21)22)12-11-15-9-5-6-10-16(15)19/h2-10H,11-13H2,1H3,(H,21,22). The van der Waals surface area contributed by atoms with Crippen LogP contribution in [-0.2, 0) is 28.1 Å². The number of carbonyl (C=O) groups excluding carboxylic acids is 1. The van der Waals surface area contributed by atoms with Crippen LogP contribution in [0.1, 0.15) is 23.1 Å². The van der Waals surface area contributed by atoms with Gasteiger partial charge in [-0.3, -0.25) is 4.90 Å². The molecule has 1 atom stereocenters. The zero-order valence-electron chi connectivity index (χ0n) is 13.4. The van der Waals surface area contributed by atoms with Gasteiger partial charge in [0.15, 0.2) is 5.54 Å². The Morgan fingerprint density at radius 2 is 1.79 bits per heavy atom. The molecule has 24 heavy (non-hydrogen) atoms. The molecule has 0 bridgehead atoms. The molecule has 5 nitrogen and oxygen atoms in total. The molecule has 0 aliphatic heterocycles. The van der Waals surface area contributed by atoms with Crippen molar-refractivity contribution in [3.63, 3.8) is 0 Å². The Kier molecular flexibility index (Phi) is 4.25. The second kappa shape index (κ2) is 6.35. The van der Waals surface area contributed by atoms with Gasteiger partial charge in [0.05, 0.1) is 0 Å². The van der Waals surface area contributed by atoms with Gasteiger partial charge in [-0.15, -0.1) is 0 Å². The van der Waals surface area contributed by atoms with Crippen LogP contribution < -0.4 is 0 Å². The molecule has 3 rings (SSSR count). The summed E-state index contributed by atoms with van der Waals surface area (Å²) >= 11 is 0. The maximum absolute atomic E-state index is 12.5. The van der Waals surface area contributed by atoms with Gasteiger partial charge in [-0.05, 0) is 29.5 Å². The molecule has 0 radical (unpaired) electrons. The van der Waals surface area contributed by atoms with Crippen LogP contribution in [0.25, 0.3) is 0 Å². The quantitative estimate of drug-likeness (QED) is 0.937. The first-order chi connectivity index (χ1) is 11.6. The lowest BCUT2D eigenvalue weighted by Crippen LogP contribution is -2.51. The molecule has 1 amide bonds. The van der Waals surface area contributed by atoms with Crippen LogP contribution in [0.15, 0.2) is 54.6 Å². The molecule has 5 heteroatoms. The van der Waals surface area contributed by atoms with Gasteiger partial charge >= 0.3 is 12.1 Å². The first-order valence-electron chi connectivity index (χ1n) is 7.82. The van der Waals surface area contributed by atoms with Gasteiger partial charge in [-0.25, -0.2) is 9.59 Å². The second-order valence-electron chi connectivity index (χ2n) is 5.92. The number of ether oxygens (including phenoxy) is 1. The fourth-order valence-corrected chi connectivity index (χ4v) is 3.28. The first kappa shape index (κ1) is 16.1. The molecule has 1 N–H and O–H groups in total. The van der Waals surface area contributed by atoms with Gasteiger partial charge in [-0.1, -0.05) is 54.6 Å². The number of likely N-dealkylation sites (N-methyl/N-ethyl adjacent to an activating group) is 1. The third kappa shape index (κ3) is 2.62. The molecule has 0 spiro atoms. The monoisotopic (exact) mass is 325 g/mol. The molecule has 0 saturated carbocycles. The Balaban J connectivity index is 1.82. The van der Waals surface area contributed by atoms with Crippen molar-refractivity contribution in [1.29, 1.82) is 0 Å². The van der Waals surface area contributed by atoms with Crippen molar-refractivity contribution in [2.45, 2.75) is 25.0 Å². The Bertz CT molecular complexity index is 759. The highest BCUT2D eigenvalue weighted by molar-refractivity contribution is 5.87. The van der Waals surface area contributed by atoms with Crippen molar-refractivity contribution < 1.29 is 19.4 Å². The molecule has 0 aromatic heterocycles. The summed E-state index contributed by atoms with van der Waals surface area (Å²) in [6, 6.07) is 16.7. The van der Waals surface area contributed by atoms with E-state index in [9.17, 15) is 14.7 Å². The van der Waals surface area contributed by atoms with Gasteiger partial charge in [0.25, 0.3) is 0 Å². The lowest BCUT2D eigenvalue weighted by Gasteiger charge is -2.35. The summed E-state index contributed by atoms with van der Waals surface area (Å²) in [4.78, 5) is 25.7. The molecule has 1 aliphatic carbocycles. The SMILES string of the molecule is CN(C(=O)OCc1ccccc1)C1(C(=O)O)CCc2ccccc21. The van der Waals surface area contributed by atoms with E-state index in [0.29, 0.717) is 18.4 Å². The van der Waals surface area contributed by atoms with Gasteiger partial charge in [0, 0.05) is 7.05 Å². The van der Waals surface area contributed by atoms with Gasteiger partial charge in [0.1, 0.15) is 6.61 Å². The summed E-state index contributed by atoms with van der Waals surface area (Å²) < 4.78 is 5.32. The number of fused-ring (bicyclic) bond motifs is 1. The minimum atomic E-state index is -1.37. The number of hydrogen-bond donors (Lipinski definition) is 1. The molecule has 1 unspecified atom stereocenters. The highest BCUT2D eigenvalue weighted by Crippen LogP contribution is 2.41. The molecule has 2 aromatic rings. The molecular weight excluding hydrogens is 306 g/mol. The number of aryl methyl sites for hydroxylation is 1. The van der Waals surface area contributed by atoms with E-state index < -0.39 is 17.6 Å². The largest absolute Gasteiger partial charge is 0.479 e. The zero-order chi connectivity index (χ0) is 17.2. The van der Waals surface area contributed by atoms with E-state index in [4.69, 9.17) is 4.74 Å². The van der Waals surface area contributed by atoms with Crippen LogP contribution in [0.2, 0.25) is 0 Å². The number of amides is 1. The summed E-state index contributed by atoms with van der Waals surface area (Å²) in [5.74, 6) is -1.04. The van der Waals surface area contributed by atoms with E-state index >= 15 is 0 Å². The summed E-state index contributed by atoms with van der Waals surface area (Å²) in [5.41, 5.74) is 1.11. The van der Waals surface area contributed by atoms with E-state index in [0.717, 1.165) is 11.1 Å². The normalized spacial score (nSPS) is 18.7. The van der Waals surface area contributed by atoms with Crippen molar-refractivity contribution in [2.24, 2.45) is 0 Å². The predicted molar refractivity (Wildman–Crippen MR) is 88.5 cm³/mol. The average Bonchev–Trinajstić information content (AvgIpc) is 3.00. The molecule has 0 heterocycles. The molecule has 0 fully saturated rings. The number of hydrogen-bond acceptors (Lipinski definition) is 3. The highest BCUT2D eigenvalue weighted by Gasteiger charge is 2.51. The van der Waals surface area contributed by atoms with Crippen molar-refractivity contribution in [3.8, 4) is 0 Å². The zero-order valence-corrected chi connectivity index (χ0v) is 13.4. The number of rotatable bonds is 4. The van der Waals surface area contributed by atoms with Crippen LogP contribution in [0.4, 0.5) is 4.79 Å². The van der Waals surface area contributed by atoms with Crippen molar-refractivity contribution >= 4 is 12.1 Å².